The van der Waals surface area contributed by atoms with E-state index < -0.39 is 6.43 Å². The maximum absolute atomic E-state index is 13.0. The van der Waals surface area contributed by atoms with Gasteiger partial charge in [0.1, 0.15) is 12.2 Å². The Hall–Kier alpha value is -2.45. The number of amides is 1. The molecule has 2 heterocycles. The molecular formula is C19H17Cl2F2N5O. The Labute approximate surface area is 175 Å². The van der Waals surface area contributed by atoms with Crippen LogP contribution in [-0.4, -0.2) is 25.5 Å². The number of carbonyl (C=O) groups is 1. The highest BCUT2D eigenvalue weighted by Crippen LogP contribution is 2.41. The summed E-state index contributed by atoms with van der Waals surface area (Å²) in [5.41, 5.74) is 1.29. The number of carbonyl (C=O) groups excluding carboxylic acids is 1. The Kier molecular flexibility index (Phi) is 5.56. The Morgan fingerprint density at radius 2 is 1.97 bits per heavy atom. The molecule has 0 radical (unpaired) electrons. The summed E-state index contributed by atoms with van der Waals surface area (Å²) < 4.78 is 28.9. The lowest BCUT2D eigenvalue weighted by atomic mass is 10.2. The summed E-state index contributed by atoms with van der Waals surface area (Å²) in [5.74, 6) is 0.188. The summed E-state index contributed by atoms with van der Waals surface area (Å²) in [6.45, 7) is 0.313. The monoisotopic (exact) mass is 439 g/mol. The van der Waals surface area contributed by atoms with E-state index in [1.807, 2.05) is 6.07 Å². The normalized spacial score (nSPS) is 13.8. The molecular weight excluding hydrogens is 423 g/mol. The van der Waals surface area contributed by atoms with Crippen LogP contribution in [-0.2, 0) is 17.9 Å². The third-order valence-corrected chi connectivity index (χ3v) is 5.32. The summed E-state index contributed by atoms with van der Waals surface area (Å²) in [7, 11) is 0. The molecule has 1 aliphatic rings. The van der Waals surface area contributed by atoms with Crippen molar-refractivity contribution in [3.8, 4) is 0 Å². The van der Waals surface area contributed by atoms with Crippen molar-refractivity contribution in [3.05, 3.63) is 63.5 Å². The number of hydrogen-bond acceptors (Lipinski definition) is 3. The summed E-state index contributed by atoms with van der Waals surface area (Å²) in [6.07, 6.45) is 0.912. The number of nitrogens with zero attached hydrogens (tertiary/aromatic N) is 4. The number of nitrogens with one attached hydrogen (secondary N) is 1. The van der Waals surface area contributed by atoms with Crippen molar-refractivity contribution in [3.63, 3.8) is 0 Å². The Bertz CT molecular complexity index is 1050. The van der Waals surface area contributed by atoms with Gasteiger partial charge < -0.3 is 5.32 Å². The van der Waals surface area contributed by atoms with Gasteiger partial charge in [-0.05, 0) is 36.6 Å². The Balaban J connectivity index is 1.40. The minimum absolute atomic E-state index is 0.141. The minimum atomic E-state index is -2.66. The minimum Gasteiger partial charge on any atom is -0.308 e. The summed E-state index contributed by atoms with van der Waals surface area (Å²) in [6, 6.07) is 8.35. The first-order valence-electron chi connectivity index (χ1n) is 9.02. The van der Waals surface area contributed by atoms with Gasteiger partial charge in [0.25, 0.3) is 6.43 Å². The molecule has 4 rings (SSSR count). The van der Waals surface area contributed by atoms with E-state index in [-0.39, 0.29) is 24.1 Å². The van der Waals surface area contributed by atoms with Gasteiger partial charge in [0.2, 0.25) is 5.91 Å². The van der Waals surface area contributed by atoms with Gasteiger partial charge >= 0.3 is 0 Å². The molecule has 1 saturated carbocycles. The summed E-state index contributed by atoms with van der Waals surface area (Å²) >= 11 is 11.9. The van der Waals surface area contributed by atoms with Crippen LogP contribution < -0.4 is 5.32 Å². The molecule has 3 aromatic rings. The quantitative estimate of drug-likeness (QED) is 0.569. The molecule has 1 N–H and O–H groups in total. The molecule has 1 fully saturated rings. The van der Waals surface area contributed by atoms with Crippen molar-refractivity contribution in [2.45, 2.75) is 38.3 Å². The molecule has 2 aromatic heterocycles. The Morgan fingerprint density at radius 3 is 2.66 bits per heavy atom. The van der Waals surface area contributed by atoms with Gasteiger partial charge in [-0.3, -0.25) is 14.2 Å². The molecule has 152 valence electrons. The van der Waals surface area contributed by atoms with Gasteiger partial charge in [0, 0.05) is 23.9 Å². The largest absolute Gasteiger partial charge is 0.308 e. The number of aromatic nitrogens is 4. The van der Waals surface area contributed by atoms with Crippen LogP contribution in [0, 0.1) is 0 Å². The number of alkyl halides is 2. The van der Waals surface area contributed by atoms with Crippen molar-refractivity contribution in [2.24, 2.45) is 0 Å². The van der Waals surface area contributed by atoms with Crippen molar-refractivity contribution in [1.82, 2.24) is 19.6 Å². The first-order valence-corrected chi connectivity index (χ1v) is 9.77. The van der Waals surface area contributed by atoms with Gasteiger partial charge in [-0.25, -0.2) is 8.78 Å². The Morgan fingerprint density at radius 1 is 1.17 bits per heavy atom. The predicted molar refractivity (Wildman–Crippen MR) is 106 cm³/mol. The highest BCUT2D eigenvalue weighted by atomic mass is 35.5. The number of benzene rings is 1. The first kappa shape index (κ1) is 19.8. The van der Waals surface area contributed by atoms with E-state index in [9.17, 15) is 13.6 Å². The van der Waals surface area contributed by atoms with Crippen LogP contribution in [0.25, 0.3) is 0 Å². The van der Waals surface area contributed by atoms with Crippen molar-refractivity contribution >= 4 is 34.9 Å². The molecule has 10 heteroatoms. The molecule has 1 amide bonds. The molecule has 0 bridgehead atoms. The fraction of sp³-hybridized carbons (Fsp3) is 0.316. The lowest BCUT2D eigenvalue weighted by molar-refractivity contribution is -0.117. The number of hydrogen-bond donors (Lipinski definition) is 1. The van der Waals surface area contributed by atoms with E-state index in [2.05, 4.69) is 15.5 Å². The predicted octanol–water partition coefficient (Wildman–Crippen LogP) is 4.89. The molecule has 1 aromatic carbocycles. The maximum atomic E-state index is 13.0. The molecule has 0 unspecified atom stereocenters. The van der Waals surface area contributed by atoms with Crippen LogP contribution in [0.2, 0.25) is 10.0 Å². The van der Waals surface area contributed by atoms with Gasteiger partial charge in [-0.2, -0.15) is 10.2 Å². The van der Waals surface area contributed by atoms with Crippen LogP contribution in [0.15, 0.2) is 36.5 Å². The molecule has 0 aliphatic heterocycles. The average molecular weight is 440 g/mol. The molecule has 6 nitrogen and oxygen atoms in total. The summed E-state index contributed by atoms with van der Waals surface area (Å²) in [4.78, 5) is 12.4. The van der Waals surface area contributed by atoms with Gasteiger partial charge in [-0.15, -0.1) is 0 Å². The van der Waals surface area contributed by atoms with Crippen LogP contribution in [0.5, 0.6) is 0 Å². The van der Waals surface area contributed by atoms with E-state index in [1.54, 1.807) is 29.1 Å². The van der Waals surface area contributed by atoms with Crippen molar-refractivity contribution < 1.29 is 13.6 Å². The van der Waals surface area contributed by atoms with E-state index >= 15 is 0 Å². The van der Waals surface area contributed by atoms with Gasteiger partial charge in [0.05, 0.1) is 16.6 Å². The fourth-order valence-electron chi connectivity index (χ4n) is 3.05. The average Bonchev–Trinajstić information content (AvgIpc) is 3.28. The summed E-state index contributed by atoms with van der Waals surface area (Å²) in [5, 5.41) is 11.8. The van der Waals surface area contributed by atoms with E-state index in [4.69, 9.17) is 23.2 Å². The third kappa shape index (κ3) is 4.76. The number of halogens is 4. The second-order valence-electron chi connectivity index (χ2n) is 6.92. The maximum Gasteiger partial charge on any atom is 0.282 e. The van der Waals surface area contributed by atoms with E-state index in [0.29, 0.717) is 28.1 Å². The zero-order valence-electron chi connectivity index (χ0n) is 15.2. The number of anilines is 1. The lowest BCUT2D eigenvalue weighted by Gasteiger charge is -2.07. The molecule has 1 aliphatic carbocycles. The highest BCUT2D eigenvalue weighted by molar-refractivity contribution is 6.42. The zero-order chi connectivity index (χ0) is 20.5. The SMILES string of the molecule is O=C(Cn1nc(C(F)F)cc1C1CC1)Nc1ccn(Cc2ccc(Cl)c(Cl)c2)n1. The fourth-order valence-corrected chi connectivity index (χ4v) is 3.37. The van der Waals surface area contributed by atoms with Crippen molar-refractivity contribution in [2.75, 3.05) is 5.32 Å². The van der Waals surface area contributed by atoms with Crippen molar-refractivity contribution in [1.29, 1.82) is 0 Å². The topological polar surface area (TPSA) is 64.7 Å². The lowest BCUT2D eigenvalue weighted by Crippen LogP contribution is -2.21. The third-order valence-electron chi connectivity index (χ3n) is 4.58. The number of rotatable bonds is 7. The molecule has 0 atom stereocenters. The van der Waals surface area contributed by atoms with Crippen LogP contribution in [0.3, 0.4) is 0 Å². The zero-order valence-corrected chi connectivity index (χ0v) is 16.7. The highest BCUT2D eigenvalue weighted by Gasteiger charge is 2.30. The van der Waals surface area contributed by atoms with Crippen LogP contribution in [0.4, 0.5) is 14.6 Å². The van der Waals surface area contributed by atoms with Crippen LogP contribution in [0.1, 0.15) is 42.1 Å². The molecule has 29 heavy (non-hydrogen) atoms. The molecule has 0 saturated heterocycles. The van der Waals surface area contributed by atoms with Gasteiger partial charge in [0.15, 0.2) is 5.82 Å². The standard InChI is InChI=1S/C19H17Cl2F2N5O/c20-13-4-1-11(7-14(13)21)9-27-6-5-17(26-27)24-18(29)10-28-16(12-2-3-12)8-15(25-28)19(22)23/h1,4-8,12,19H,2-3,9-10H2,(H,24,26,29). The second-order valence-corrected chi connectivity index (χ2v) is 7.74. The van der Waals surface area contributed by atoms with Gasteiger partial charge in [-0.1, -0.05) is 29.3 Å². The van der Waals surface area contributed by atoms with Crippen LogP contribution >= 0.6 is 23.2 Å². The van der Waals surface area contributed by atoms with E-state index in [1.165, 1.54) is 10.7 Å². The smallest absolute Gasteiger partial charge is 0.282 e. The second kappa shape index (κ2) is 8.12. The molecule has 0 spiro atoms. The first-order chi connectivity index (χ1) is 13.9. The van der Waals surface area contributed by atoms with E-state index in [0.717, 1.165) is 18.4 Å².